The normalized spacial score (nSPS) is 33.2. The van der Waals surface area contributed by atoms with E-state index in [-0.39, 0.29) is 0 Å². The van der Waals surface area contributed by atoms with Gasteiger partial charge in [-0.25, -0.2) is 0 Å². The number of allylic oxidation sites excluding steroid dienone is 2. The minimum absolute atomic E-state index is 0.300. The van der Waals surface area contributed by atoms with Gasteiger partial charge in [0.25, 0.3) is 0 Å². The van der Waals surface area contributed by atoms with E-state index in [1.54, 1.807) is 12.7 Å². The second-order valence-electron chi connectivity index (χ2n) is 7.71. The maximum Gasteiger partial charge on any atom is 0.119 e. The standard InChI is InChI=1S/C21H28O/c1-4-14-5-8-18-17(14)11-12-21(2)19-10-7-16(22-3)13-15(19)6-9-20(18)21/h7,10,13-14,17H,4-6,8-9,11-12H2,1-3H3. The molecule has 0 amide bonds. The predicted molar refractivity (Wildman–Crippen MR) is 91.4 cm³/mol. The molecule has 0 spiro atoms. The highest BCUT2D eigenvalue weighted by atomic mass is 16.5. The Balaban J connectivity index is 1.80. The van der Waals surface area contributed by atoms with Gasteiger partial charge < -0.3 is 4.74 Å². The topological polar surface area (TPSA) is 9.23 Å². The lowest BCUT2D eigenvalue weighted by Crippen LogP contribution is -2.36. The highest BCUT2D eigenvalue weighted by Crippen LogP contribution is 2.56. The largest absolute Gasteiger partial charge is 0.497 e. The number of hydrogen-bond acceptors (Lipinski definition) is 1. The smallest absolute Gasteiger partial charge is 0.119 e. The zero-order valence-electron chi connectivity index (χ0n) is 14.2. The minimum Gasteiger partial charge on any atom is -0.497 e. The molecule has 1 aromatic carbocycles. The van der Waals surface area contributed by atoms with E-state index in [4.69, 9.17) is 4.74 Å². The Bertz CT molecular complexity index is 627. The van der Waals surface area contributed by atoms with E-state index in [0.29, 0.717) is 5.41 Å². The molecule has 1 heteroatoms. The van der Waals surface area contributed by atoms with Gasteiger partial charge >= 0.3 is 0 Å². The monoisotopic (exact) mass is 296 g/mol. The molecule has 3 aliphatic carbocycles. The molecule has 0 heterocycles. The van der Waals surface area contributed by atoms with Gasteiger partial charge in [-0.15, -0.1) is 0 Å². The third-order valence-corrected chi connectivity index (χ3v) is 6.89. The van der Waals surface area contributed by atoms with Crippen LogP contribution in [0, 0.1) is 11.8 Å². The summed E-state index contributed by atoms with van der Waals surface area (Å²) in [5.41, 5.74) is 7.09. The molecule has 1 nitrogen and oxygen atoms in total. The van der Waals surface area contributed by atoms with Crippen molar-refractivity contribution in [3.63, 3.8) is 0 Å². The quantitative estimate of drug-likeness (QED) is 0.662. The van der Waals surface area contributed by atoms with E-state index in [1.807, 2.05) is 11.1 Å². The highest BCUT2D eigenvalue weighted by molar-refractivity contribution is 5.51. The van der Waals surface area contributed by atoms with Crippen molar-refractivity contribution in [1.82, 2.24) is 0 Å². The summed E-state index contributed by atoms with van der Waals surface area (Å²) in [6.07, 6.45) is 9.39. The molecule has 0 aromatic heterocycles. The maximum absolute atomic E-state index is 5.44. The van der Waals surface area contributed by atoms with Gasteiger partial charge in [-0.05, 0) is 73.6 Å². The molecular weight excluding hydrogens is 268 g/mol. The van der Waals surface area contributed by atoms with E-state index >= 15 is 0 Å². The lowest BCUT2D eigenvalue weighted by atomic mass is 9.59. The van der Waals surface area contributed by atoms with Crippen LogP contribution in [0.5, 0.6) is 5.75 Å². The third kappa shape index (κ3) is 1.90. The average Bonchev–Trinajstić information content (AvgIpc) is 2.97. The van der Waals surface area contributed by atoms with Gasteiger partial charge in [0, 0.05) is 5.41 Å². The van der Waals surface area contributed by atoms with Crippen molar-refractivity contribution in [3.05, 3.63) is 40.5 Å². The van der Waals surface area contributed by atoms with E-state index < -0.39 is 0 Å². The number of benzene rings is 1. The first-order chi connectivity index (χ1) is 10.7. The number of aryl methyl sites for hydroxylation is 1. The molecule has 0 radical (unpaired) electrons. The molecule has 0 aliphatic heterocycles. The number of fused-ring (bicyclic) bond motifs is 4. The summed E-state index contributed by atoms with van der Waals surface area (Å²) in [5, 5.41) is 0. The Morgan fingerprint density at radius 2 is 2.05 bits per heavy atom. The Morgan fingerprint density at radius 1 is 1.18 bits per heavy atom. The molecule has 3 unspecified atom stereocenters. The average molecular weight is 296 g/mol. The lowest BCUT2D eigenvalue weighted by molar-refractivity contribution is 0.311. The van der Waals surface area contributed by atoms with Crippen LogP contribution in [-0.4, -0.2) is 7.11 Å². The molecule has 3 atom stereocenters. The Morgan fingerprint density at radius 3 is 2.82 bits per heavy atom. The number of methoxy groups -OCH3 is 1. The fourth-order valence-corrected chi connectivity index (χ4v) is 5.67. The molecule has 0 N–H and O–H groups in total. The highest BCUT2D eigenvalue weighted by Gasteiger charge is 2.45. The Hall–Kier alpha value is -1.24. The van der Waals surface area contributed by atoms with Gasteiger partial charge in [-0.3, -0.25) is 0 Å². The van der Waals surface area contributed by atoms with Crippen LogP contribution in [0.4, 0.5) is 0 Å². The van der Waals surface area contributed by atoms with Crippen LogP contribution in [0.1, 0.15) is 63.5 Å². The predicted octanol–water partition coefficient (Wildman–Crippen LogP) is 5.43. The third-order valence-electron chi connectivity index (χ3n) is 6.89. The van der Waals surface area contributed by atoms with Gasteiger partial charge in [0.2, 0.25) is 0 Å². The molecule has 1 saturated carbocycles. The zero-order chi connectivity index (χ0) is 15.3. The number of hydrogen-bond donors (Lipinski definition) is 0. The summed E-state index contributed by atoms with van der Waals surface area (Å²) >= 11 is 0. The molecule has 3 aliphatic rings. The van der Waals surface area contributed by atoms with Crippen molar-refractivity contribution in [1.29, 1.82) is 0 Å². The van der Waals surface area contributed by atoms with Crippen molar-refractivity contribution in [3.8, 4) is 5.75 Å². The molecule has 1 aromatic rings. The van der Waals surface area contributed by atoms with E-state index in [9.17, 15) is 0 Å². The molecular formula is C21H28O. The second-order valence-corrected chi connectivity index (χ2v) is 7.71. The second kappa shape index (κ2) is 5.15. The first-order valence-corrected chi connectivity index (χ1v) is 9.07. The van der Waals surface area contributed by atoms with E-state index in [0.717, 1.165) is 17.6 Å². The van der Waals surface area contributed by atoms with Crippen LogP contribution < -0.4 is 4.74 Å². The first-order valence-electron chi connectivity index (χ1n) is 9.07. The Labute approximate surface area is 134 Å². The van der Waals surface area contributed by atoms with Crippen LogP contribution in [-0.2, 0) is 11.8 Å². The molecule has 118 valence electrons. The van der Waals surface area contributed by atoms with Crippen molar-refractivity contribution in [2.24, 2.45) is 11.8 Å². The van der Waals surface area contributed by atoms with Crippen molar-refractivity contribution in [2.75, 3.05) is 7.11 Å². The molecule has 4 rings (SSSR count). The molecule has 0 bridgehead atoms. The number of ether oxygens (including phenoxy) is 1. The summed E-state index contributed by atoms with van der Waals surface area (Å²) in [7, 11) is 1.77. The van der Waals surface area contributed by atoms with Gasteiger partial charge in [0.1, 0.15) is 5.75 Å². The van der Waals surface area contributed by atoms with Crippen molar-refractivity contribution in [2.45, 2.75) is 64.2 Å². The Kier molecular flexibility index (Phi) is 3.36. The summed E-state index contributed by atoms with van der Waals surface area (Å²) < 4.78 is 5.44. The van der Waals surface area contributed by atoms with Crippen LogP contribution in [0.2, 0.25) is 0 Å². The SMILES string of the molecule is CCC1CCC2=C3CCc4cc(OC)ccc4C3(C)CCC21. The molecule has 0 saturated heterocycles. The van der Waals surface area contributed by atoms with Crippen LogP contribution >= 0.6 is 0 Å². The van der Waals surface area contributed by atoms with Crippen LogP contribution in [0.3, 0.4) is 0 Å². The van der Waals surface area contributed by atoms with E-state index in [1.165, 1.54) is 50.5 Å². The van der Waals surface area contributed by atoms with Crippen LogP contribution in [0.25, 0.3) is 0 Å². The van der Waals surface area contributed by atoms with Gasteiger partial charge in [-0.2, -0.15) is 0 Å². The zero-order valence-corrected chi connectivity index (χ0v) is 14.2. The lowest BCUT2D eigenvalue weighted by Gasteiger charge is -2.45. The fraction of sp³-hybridized carbons (Fsp3) is 0.619. The van der Waals surface area contributed by atoms with Crippen molar-refractivity contribution >= 4 is 0 Å². The summed E-state index contributed by atoms with van der Waals surface area (Å²) in [5.74, 6) is 2.89. The fourth-order valence-electron chi connectivity index (χ4n) is 5.67. The van der Waals surface area contributed by atoms with Crippen LogP contribution in [0.15, 0.2) is 29.3 Å². The summed E-state index contributed by atoms with van der Waals surface area (Å²) in [4.78, 5) is 0. The molecule has 22 heavy (non-hydrogen) atoms. The van der Waals surface area contributed by atoms with Gasteiger partial charge in [-0.1, -0.05) is 37.5 Å². The first kappa shape index (κ1) is 14.4. The maximum atomic E-state index is 5.44. The number of rotatable bonds is 2. The summed E-state index contributed by atoms with van der Waals surface area (Å²) in [6, 6.07) is 6.78. The molecule has 1 fully saturated rings. The summed E-state index contributed by atoms with van der Waals surface area (Å²) in [6.45, 7) is 4.89. The van der Waals surface area contributed by atoms with Gasteiger partial charge in [0.05, 0.1) is 7.11 Å². The minimum atomic E-state index is 0.300. The van der Waals surface area contributed by atoms with E-state index in [2.05, 4.69) is 32.0 Å². The van der Waals surface area contributed by atoms with Gasteiger partial charge in [0.15, 0.2) is 0 Å². The van der Waals surface area contributed by atoms with Crippen molar-refractivity contribution < 1.29 is 4.74 Å².